The lowest BCUT2D eigenvalue weighted by Gasteiger charge is -2.19. The molecule has 8 nitrogen and oxygen atoms in total. The van der Waals surface area contributed by atoms with Crippen LogP contribution in [0.15, 0.2) is 18.2 Å². The van der Waals surface area contributed by atoms with Gasteiger partial charge in [0, 0.05) is 0 Å². The zero-order valence-electron chi connectivity index (χ0n) is 15.0. The summed E-state index contributed by atoms with van der Waals surface area (Å²) < 4.78 is 32.0. The maximum Gasteiger partial charge on any atom is 0.327 e. The van der Waals surface area contributed by atoms with Gasteiger partial charge in [-0.15, -0.1) is 0 Å². The molecule has 1 fully saturated rings. The monoisotopic (exact) mass is 383 g/mol. The summed E-state index contributed by atoms with van der Waals surface area (Å²) in [6, 6.07) is 2.30. The summed E-state index contributed by atoms with van der Waals surface area (Å²) in [4.78, 5) is 48.7. The number of hydrogen-bond acceptors (Lipinski definition) is 5. The molecule has 0 saturated carbocycles. The van der Waals surface area contributed by atoms with Crippen molar-refractivity contribution in [2.24, 2.45) is 0 Å². The number of nitrogens with one attached hydrogen (secondary N) is 2. The Morgan fingerprint density at radius 3 is 2.41 bits per heavy atom. The molecule has 1 aliphatic heterocycles. The molecule has 1 aromatic carbocycles. The molecule has 2 atom stereocenters. The molecule has 1 saturated heterocycles. The molecular formula is C17H19F2N3O5. The number of carbonyl (C=O) groups excluding carboxylic acids is 4. The number of amides is 4. The van der Waals surface area contributed by atoms with Crippen molar-refractivity contribution in [2.75, 3.05) is 11.9 Å². The molecule has 4 amide bonds. The number of anilines is 1. The minimum Gasteiger partial charge on any atom is -0.451 e. The maximum atomic E-state index is 13.5. The quantitative estimate of drug-likeness (QED) is 0.573. The van der Waals surface area contributed by atoms with Crippen LogP contribution in [-0.4, -0.2) is 46.9 Å². The normalized spacial score (nSPS) is 20.3. The fourth-order valence-electron chi connectivity index (χ4n) is 2.39. The molecule has 0 aromatic heterocycles. The first kappa shape index (κ1) is 20.3. The Balaban J connectivity index is 1.96. The van der Waals surface area contributed by atoms with Gasteiger partial charge in [-0.3, -0.25) is 19.3 Å². The average Bonchev–Trinajstić information content (AvgIpc) is 2.81. The van der Waals surface area contributed by atoms with Crippen LogP contribution in [0.1, 0.15) is 27.2 Å². The highest BCUT2D eigenvalue weighted by Crippen LogP contribution is 2.21. The van der Waals surface area contributed by atoms with Gasteiger partial charge < -0.3 is 15.4 Å². The van der Waals surface area contributed by atoms with E-state index in [1.165, 1.54) is 13.8 Å². The van der Waals surface area contributed by atoms with Gasteiger partial charge in [0.1, 0.15) is 29.4 Å². The van der Waals surface area contributed by atoms with Crippen LogP contribution in [0.2, 0.25) is 0 Å². The van der Waals surface area contributed by atoms with Crippen LogP contribution in [-0.2, 0) is 19.1 Å². The molecule has 0 spiro atoms. The summed E-state index contributed by atoms with van der Waals surface area (Å²) in [6.45, 7) is 3.73. The summed E-state index contributed by atoms with van der Waals surface area (Å²) in [6.07, 6.45) is -1.08. The number of esters is 1. The van der Waals surface area contributed by atoms with Crippen molar-refractivity contribution in [3.8, 4) is 0 Å². The van der Waals surface area contributed by atoms with E-state index in [9.17, 15) is 28.0 Å². The van der Waals surface area contributed by atoms with Crippen molar-refractivity contribution >= 4 is 29.5 Å². The van der Waals surface area contributed by atoms with E-state index in [0.29, 0.717) is 11.3 Å². The molecule has 2 N–H and O–H groups in total. The summed E-state index contributed by atoms with van der Waals surface area (Å²) >= 11 is 0. The number of halogens is 2. The largest absolute Gasteiger partial charge is 0.451 e. The van der Waals surface area contributed by atoms with Crippen LogP contribution in [0.3, 0.4) is 0 Å². The summed E-state index contributed by atoms with van der Waals surface area (Å²) in [7, 11) is 0. The Morgan fingerprint density at radius 2 is 1.89 bits per heavy atom. The van der Waals surface area contributed by atoms with Crippen LogP contribution in [0.25, 0.3) is 0 Å². The molecule has 1 heterocycles. The van der Waals surface area contributed by atoms with Gasteiger partial charge in [0.15, 0.2) is 6.10 Å². The number of nitrogens with zero attached hydrogens (tertiary/aromatic N) is 1. The summed E-state index contributed by atoms with van der Waals surface area (Å²) in [5.74, 6) is -4.55. The topological polar surface area (TPSA) is 105 Å². The number of carbonyl (C=O) groups is 4. The SMILES string of the molecule is CC[C@]1(C)NC(=O)N(CC(=O)O[C@H](C)C(=O)Nc2c(F)cccc2F)C1=O. The second kappa shape index (κ2) is 7.68. The van der Waals surface area contributed by atoms with Crippen molar-refractivity contribution in [3.05, 3.63) is 29.8 Å². The first-order chi connectivity index (χ1) is 12.6. The third kappa shape index (κ3) is 4.21. The Hall–Kier alpha value is -3.04. The van der Waals surface area contributed by atoms with Crippen molar-refractivity contribution < 1.29 is 32.7 Å². The van der Waals surface area contributed by atoms with Crippen LogP contribution in [0.4, 0.5) is 19.3 Å². The van der Waals surface area contributed by atoms with E-state index >= 15 is 0 Å². The van der Waals surface area contributed by atoms with Crippen LogP contribution >= 0.6 is 0 Å². The second-order valence-corrected chi connectivity index (χ2v) is 6.23. The van der Waals surface area contributed by atoms with E-state index in [-0.39, 0.29) is 0 Å². The van der Waals surface area contributed by atoms with Crippen LogP contribution in [0.5, 0.6) is 0 Å². The highest BCUT2D eigenvalue weighted by molar-refractivity contribution is 6.08. The van der Waals surface area contributed by atoms with Gasteiger partial charge in [-0.1, -0.05) is 13.0 Å². The van der Waals surface area contributed by atoms with Gasteiger partial charge in [-0.2, -0.15) is 0 Å². The number of hydrogen-bond donors (Lipinski definition) is 2. The lowest BCUT2D eigenvalue weighted by atomic mass is 9.99. The molecule has 1 aromatic rings. The van der Waals surface area contributed by atoms with Crippen molar-refractivity contribution in [1.82, 2.24) is 10.2 Å². The Labute approximate surface area is 153 Å². The van der Waals surface area contributed by atoms with Gasteiger partial charge in [-0.25, -0.2) is 13.6 Å². The predicted octanol–water partition coefficient (Wildman–Crippen LogP) is 1.56. The first-order valence-electron chi connectivity index (χ1n) is 8.17. The first-order valence-corrected chi connectivity index (χ1v) is 8.17. The number of ether oxygens (including phenoxy) is 1. The zero-order valence-corrected chi connectivity index (χ0v) is 15.0. The van der Waals surface area contributed by atoms with Gasteiger partial charge in [0.2, 0.25) is 0 Å². The fourth-order valence-corrected chi connectivity index (χ4v) is 2.39. The van der Waals surface area contributed by atoms with Gasteiger partial charge in [0.05, 0.1) is 0 Å². The summed E-state index contributed by atoms with van der Waals surface area (Å²) in [5.41, 5.74) is -1.78. The Bertz CT molecular complexity index is 781. The molecule has 0 aliphatic carbocycles. The van der Waals surface area contributed by atoms with E-state index in [2.05, 4.69) is 5.32 Å². The zero-order chi connectivity index (χ0) is 20.4. The predicted molar refractivity (Wildman–Crippen MR) is 89.5 cm³/mol. The van der Waals surface area contributed by atoms with E-state index < -0.39 is 59.3 Å². The molecule has 10 heteroatoms. The Kier molecular flexibility index (Phi) is 5.77. The number of benzene rings is 1. The van der Waals surface area contributed by atoms with Gasteiger partial charge in [0.25, 0.3) is 11.8 Å². The lowest BCUT2D eigenvalue weighted by molar-refractivity contribution is -0.155. The highest BCUT2D eigenvalue weighted by Gasteiger charge is 2.47. The maximum absolute atomic E-state index is 13.5. The summed E-state index contributed by atoms with van der Waals surface area (Å²) in [5, 5.41) is 4.46. The van der Waals surface area contributed by atoms with Gasteiger partial charge >= 0.3 is 12.0 Å². The van der Waals surface area contributed by atoms with E-state index in [4.69, 9.17) is 4.74 Å². The minimum absolute atomic E-state index is 0.329. The fraction of sp³-hybridized carbons (Fsp3) is 0.412. The number of imide groups is 1. The third-order valence-corrected chi connectivity index (χ3v) is 4.23. The number of para-hydroxylation sites is 1. The van der Waals surface area contributed by atoms with Crippen molar-refractivity contribution in [1.29, 1.82) is 0 Å². The average molecular weight is 383 g/mol. The molecule has 146 valence electrons. The van der Waals surface area contributed by atoms with Crippen LogP contribution in [0, 0.1) is 11.6 Å². The molecule has 0 radical (unpaired) electrons. The minimum atomic E-state index is -1.41. The highest BCUT2D eigenvalue weighted by atomic mass is 19.1. The van der Waals surface area contributed by atoms with E-state index in [1.54, 1.807) is 6.92 Å². The van der Waals surface area contributed by atoms with Gasteiger partial charge in [-0.05, 0) is 32.4 Å². The Morgan fingerprint density at radius 1 is 1.30 bits per heavy atom. The lowest BCUT2D eigenvalue weighted by Crippen LogP contribution is -2.44. The number of rotatable bonds is 6. The standard InChI is InChI=1S/C17H19F2N3O5/c1-4-17(3)15(25)22(16(26)21-17)8-12(23)27-9(2)14(24)20-13-10(18)6-5-7-11(13)19/h5-7,9H,4,8H2,1-3H3,(H,20,24)(H,21,26)/t9-,17+/m1/s1. The molecule has 0 bridgehead atoms. The number of urea groups is 1. The molecule has 27 heavy (non-hydrogen) atoms. The third-order valence-electron chi connectivity index (χ3n) is 4.23. The molecule has 0 unspecified atom stereocenters. The smallest absolute Gasteiger partial charge is 0.327 e. The van der Waals surface area contributed by atoms with E-state index in [0.717, 1.165) is 18.2 Å². The molecular weight excluding hydrogens is 364 g/mol. The second-order valence-electron chi connectivity index (χ2n) is 6.23. The van der Waals surface area contributed by atoms with E-state index in [1.807, 2.05) is 5.32 Å². The van der Waals surface area contributed by atoms with Crippen molar-refractivity contribution in [3.63, 3.8) is 0 Å². The molecule has 2 rings (SSSR count). The van der Waals surface area contributed by atoms with Crippen molar-refractivity contribution in [2.45, 2.75) is 38.8 Å². The molecule has 1 aliphatic rings. The van der Waals surface area contributed by atoms with Crippen LogP contribution < -0.4 is 10.6 Å².